The van der Waals surface area contributed by atoms with Gasteiger partial charge in [-0.3, -0.25) is 0 Å². The summed E-state index contributed by atoms with van der Waals surface area (Å²) >= 11 is 0. The Labute approximate surface area is 84.4 Å². The molecule has 0 unspecified atom stereocenters. The first kappa shape index (κ1) is 10.3. The molecule has 0 heterocycles. The highest BCUT2D eigenvalue weighted by molar-refractivity contribution is 5.44. The molecular formula is C12H12NO. The van der Waals surface area contributed by atoms with Crippen molar-refractivity contribution in [1.82, 2.24) is 0 Å². The Kier molecular flexibility index (Phi) is 3.30. The number of nitriles is 1. The van der Waals surface area contributed by atoms with E-state index in [-0.39, 0.29) is 6.10 Å². The summed E-state index contributed by atoms with van der Waals surface area (Å²) in [5, 5.41) is 8.69. The summed E-state index contributed by atoms with van der Waals surface area (Å²) in [6.45, 7) is 7.46. The van der Waals surface area contributed by atoms with Crippen LogP contribution in [0, 0.1) is 17.4 Å². The zero-order valence-corrected chi connectivity index (χ0v) is 8.37. The van der Waals surface area contributed by atoms with Crippen molar-refractivity contribution in [3.05, 3.63) is 42.0 Å². The molecule has 0 aliphatic rings. The van der Waals surface area contributed by atoms with Crippen molar-refractivity contribution in [3.63, 3.8) is 0 Å². The third kappa shape index (κ3) is 2.37. The van der Waals surface area contributed by atoms with Crippen molar-refractivity contribution in [2.75, 3.05) is 0 Å². The van der Waals surface area contributed by atoms with Gasteiger partial charge in [0.15, 0.2) is 0 Å². The molecule has 0 aromatic heterocycles. The Morgan fingerprint density at radius 2 is 2.14 bits per heavy atom. The van der Waals surface area contributed by atoms with Gasteiger partial charge < -0.3 is 4.74 Å². The summed E-state index contributed by atoms with van der Waals surface area (Å²) in [5.41, 5.74) is 1.32. The average Bonchev–Trinajstić information content (AvgIpc) is 2.17. The summed E-state index contributed by atoms with van der Waals surface area (Å²) < 4.78 is 5.52. The predicted molar refractivity (Wildman–Crippen MR) is 54.9 cm³/mol. The molecule has 1 aromatic rings. The van der Waals surface area contributed by atoms with Gasteiger partial charge in [0.05, 0.1) is 17.7 Å². The molecule has 1 aromatic carbocycles. The van der Waals surface area contributed by atoms with Crippen LogP contribution in [-0.4, -0.2) is 6.10 Å². The Bertz CT molecular complexity index is 374. The van der Waals surface area contributed by atoms with Gasteiger partial charge in [-0.2, -0.15) is 5.26 Å². The summed E-state index contributed by atoms with van der Waals surface area (Å²) in [6, 6.07) is 7.26. The molecule has 2 nitrogen and oxygen atoms in total. The number of ether oxygens (including phenoxy) is 1. The first-order chi connectivity index (χ1) is 6.67. The molecule has 1 rings (SSSR count). The Balaban J connectivity index is 3.06. The maximum Gasteiger partial charge on any atom is 0.127 e. The van der Waals surface area contributed by atoms with Gasteiger partial charge in [-0.05, 0) is 38.1 Å². The van der Waals surface area contributed by atoms with Crippen molar-refractivity contribution in [3.8, 4) is 11.8 Å². The summed E-state index contributed by atoms with van der Waals surface area (Å²) in [7, 11) is 0. The van der Waals surface area contributed by atoms with E-state index in [2.05, 4.69) is 18.7 Å². The Morgan fingerprint density at radius 3 is 2.64 bits per heavy atom. The van der Waals surface area contributed by atoms with Crippen LogP contribution in [-0.2, 0) is 0 Å². The van der Waals surface area contributed by atoms with Crippen LogP contribution < -0.4 is 4.74 Å². The molecular weight excluding hydrogens is 174 g/mol. The first-order valence-electron chi connectivity index (χ1n) is 4.41. The van der Waals surface area contributed by atoms with Crippen molar-refractivity contribution in [2.45, 2.75) is 20.0 Å². The lowest BCUT2D eigenvalue weighted by Crippen LogP contribution is -2.06. The molecule has 0 bridgehead atoms. The van der Waals surface area contributed by atoms with Crippen LogP contribution in [0.1, 0.15) is 25.0 Å². The summed E-state index contributed by atoms with van der Waals surface area (Å²) in [6.07, 6.45) is 2.86. The zero-order chi connectivity index (χ0) is 10.6. The zero-order valence-electron chi connectivity index (χ0n) is 8.37. The predicted octanol–water partition coefficient (Wildman–Crippen LogP) is 2.68. The van der Waals surface area contributed by atoms with E-state index in [1.165, 1.54) is 0 Å². The number of hydrogen-bond donors (Lipinski definition) is 0. The lowest BCUT2D eigenvalue weighted by atomic mass is 10.1. The van der Waals surface area contributed by atoms with Gasteiger partial charge in [0, 0.05) is 5.56 Å². The number of hydrogen-bond acceptors (Lipinski definition) is 2. The van der Waals surface area contributed by atoms with E-state index < -0.39 is 0 Å². The SMILES string of the molecule is C=[C]c1cc(C#N)ccc1OC(C)C. The van der Waals surface area contributed by atoms with E-state index in [4.69, 9.17) is 10.00 Å². The van der Waals surface area contributed by atoms with E-state index in [0.29, 0.717) is 11.3 Å². The second kappa shape index (κ2) is 4.48. The smallest absolute Gasteiger partial charge is 0.127 e. The molecule has 0 saturated heterocycles. The van der Waals surface area contributed by atoms with Crippen LogP contribution in [0.5, 0.6) is 5.75 Å². The van der Waals surface area contributed by atoms with Crippen LogP contribution in [0.15, 0.2) is 24.8 Å². The number of nitrogens with zero attached hydrogens (tertiary/aromatic N) is 1. The molecule has 2 heteroatoms. The standard InChI is InChI=1S/C12H12NO/c1-4-11-7-10(8-13)5-6-12(11)14-9(2)3/h5-7,9H,1H2,2-3H3. The second-order valence-corrected chi connectivity index (χ2v) is 3.17. The lowest BCUT2D eigenvalue weighted by molar-refractivity contribution is 0.241. The van der Waals surface area contributed by atoms with Crippen LogP contribution >= 0.6 is 0 Å². The molecule has 0 spiro atoms. The third-order valence-corrected chi connectivity index (χ3v) is 1.66. The van der Waals surface area contributed by atoms with Crippen LogP contribution in [0.2, 0.25) is 0 Å². The Hall–Kier alpha value is -1.75. The lowest BCUT2D eigenvalue weighted by Gasteiger charge is -2.11. The van der Waals surface area contributed by atoms with E-state index in [9.17, 15) is 0 Å². The minimum absolute atomic E-state index is 0.107. The van der Waals surface area contributed by atoms with Crippen molar-refractivity contribution < 1.29 is 4.74 Å². The fraction of sp³-hybridized carbons (Fsp3) is 0.250. The maximum atomic E-state index is 8.69. The monoisotopic (exact) mass is 186 g/mol. The van der Waals surface area contributed by atoms with E-state index in [0.717, 1.165) is 5.56 Å². The molecule has 14 heavy (non-hydrogen) atoms. The Morgan fingerprint density at radius 1 is 1.43 bits per heavy atom. The highest BCUT2D eigenvalue weighted by Gasteiger charge is 2.04. The minimum Gasteiger partial charge on any atom is -0.490 e. The second-order valence-electron chi connectivity index (χ2n) is 3.17. The van der Waals surface area contributed by atoms with Crippen LogP contribution in [0.3, 0.4) is 0 Å². The van der Waals surface area contributed by atoms with Gasteiger partial charge in [0.25, 0.3) is 0 Å². The van der Waals surface area contributed by atoms with Crippen molar-refractivity contribution in [2.24, 2.45) is 0 Å². The molecule has 0 aliphatic carbocycles. The maximum absolute atomic E-state index is 8.69. The quantitative estimate of drug-likeness (QED) is 0.727. The highest BCUT2D eigenvalue weighted by atomic mass is 16.5. The van der Waals surface area contributed by atoms with Gasteiger partial charge in [0.2, 0.25) is 0 Å². The fourth-order valence-electron chi connectivity index (χ4n) is 1.09. The molecule has 0 atom stereocenters. The normalized spacial score (nSPS) is 9.57. The molecule has 0 N–H and O–H groups in total. The largest absolute Gasteiger partial charge is 0.490 e. The number of rotatable bonds is 3. The van der Waals surface area contributed by atoms with E-state index >= 15 is 0 Å². The van der Waals surface area contributed by atoms with E-state index in [1.54, 1.807) is 18.2 Å². The summed E-state index contributed by atoms with van der Waals surface area (Å²) in [5.74, 6) is 0.717. The third-order valence-electron chi connectivity index (χ3n) is 1.66. The van der Waals surface area contributed by atoms with Gasteiger partial charge in [-0.15, -0.1) is 0 Å². The fourth-order valence-corrected chi connectivity index (χ4v) is 1.09. The topological polar surface area (TPSA) is 33.0 Å². The van der Waals surface area contributed by atoms with Gasteiger partial charge in [-0.25, -0.2) is 0 Å². The first-order valence-corrected chi connectivity index (χ1v) is 4.41. The van der Waals surface area contributed by atoms with Crippen molar-refractivity contribution >= 4 is 0 Å². The molecule has 0 fully saturated rings. The molecule has 0 saturated carbocycles. The molecule has 1 radical (unpaired) electrons. The molecule has 0 aliphatic heterocycles. The summed E-state index contributed by atoms with van der Waals surface area (Å²) in [4.78, 5) is 0. The van der Waals surface area contributed by atoms with E-state index in [1.807, 2.05) is 13.8 Å². The van der Waals surface area contributed by atoms with Gasteiger partial charge in [-0.1, -0.05) is 6.58 Å². The number of benzene rings is 1. The molecule has 71 valence electrons. The molecule has 0 amide bonds. The van der Waals surface area contributed by atoms with Gasteiger partial charge >= 0.3 is 0 Å². The average molecular weight is 186 g/mol. The van der Waals surface area contributed by atoms with Crippen LogP contribution in [0.25, 0.3) is 0 Å². The van der Waals surface area contributed by atoms with Crippen LogP contribution in [0.4, 0.5) is 0 Å². The minimum atomic E-state index is 0.107. The highest BCUT2D eigenvalue weighted by Crippen LogP contribution is 2.20. The van der Waals surface area contributed by atoms with Crippen molar-refractivity contribution in [1.29, 1.82) is 5.26 Å². The van der Waals surface area contributed by atoms with Gasteiger partial charge in [0.1, 0.15) is 5.75 Å².